The van der Waals surface area contributed by atoms with Crippen molar-refractivity contribution < 1.29 is 14.7 Å². The number of rotatable bonds is 6. The topological polar surface area (TPSA) is 82.5 Å². The molecule has 1 aromatic heterocycles. The zero-order chi connectivity index (χ0) is 16.9. The summed E-state index contributed by atoms with van der Waals surface area (Å²) in [6, 6.07) is 9.99. The number of hydrogen-bond acceptors (Lipinski definition) is 5. The van der Waals surface area contributed by atoms with Crippen molar-refractivity contribution in [2.45, 2.75) is 32.0 Å². The first-order chi connectivity index (χ1) is 11.6. The van der Waals surface area contributed by atoms with Crippen molar-refractivity contribution in [1.29, 1.82) is 0 Å². The first kappa shape index (κ1) is 16.6. The summed E-state index contributed by atoms with van der Waals surface area (Å²) in [5, 5.41) is 13.8. The van der Waals surface area contributed by atoms with Gasteiger partial charge >= 0.3 is 5.97 Å². The highest BCUT2D eigenvalue weighted by Gasteiger charge is 2.30. The average molecular weight is 345 g/mol. The van der Waals surface area contributed by atoms with Crippen molar-refractivity contribution in [2.75, 3.05) is 6.54 Å². The molecule has 1 aromatic carbocycles. The number of benzene rings is 1. The van der Waals surface area contributed by atoms with Gasteiger partial charge in [0, 0.05) is 11.9 Å². The van der Waals surface area contributed by atoms with E-state index in [9.17, 15) is 9.59 Å². The maximum atomic E-state index is 12.5. The number of hydrogen-bond donors (Lipinski definition) is 2. The molecule has 1 saturated heterocycles. The van der Waals surface area contributed by atoms with Crippen LogP contribution in [0.2, 0.25) is 0 Å². The molecule has 6 nitrogen and oxygen atoms in total. The zero-order valence-corrected chi connectivity index (χ0v) is 14.0. The molecule has 0 unspecified atom stereocenters. The van der Waals surface area contributed by atoms with Crippen LogP contribution in [0, 0.1) is 0 Å². The van der Waals surface area contributed by atoms with Gasteiger partial charge in [-0.2, -0.15) is 0 Å². The van der Waals surface area contributed by atoms with Crippen LogP contribution in [0.15, 0.2) is 35.7 Å². The van der Waals surface area contributed by atoms with Crippen molar-refractivity contribution >= 4 is 23.2 Å². The monoisotopic (exact) mass is 345 g/mol. The normalized spacial score (nSPS) is 17.8. The summed E-state index contributed by atoms with van der Waals surface area (Å²) < 4.78 is 0. The largest absolute Gasteiger partial charge is 0.476 e. The summed E-state index contributed by atoms with van der Waals surface area (Å²) in [7, 11) is 0. The SMILES string of the molecule is O=C(O)c1csc(CNC(=O)[C@H]2CCCN2Cc2ccccc2)n1. The summed E-state index contributed by atoms with van der Waals surface area (Å²) in [5.74, 6) is -1.07. The van der Waals surface area contributed by atoms with Gasteiger partial charge in [0.25, 0.3) is 0 Å². The lowest BCUT2D eigenvalue weighted by Crippen LogP contribution is -2.42. The van der Waals surface area contributed by atoms with Crippen LogP contribution in [0.25, 0.3) is 0 Å². The van der Waals surface area contributed by atoms with E-state index in [4.69, 9.17) is 5.11 Å². The first-order valence-electron chi connectivity index (χ1n) is 7.87. The molecular formula is C17H19N3O3S. The lowest BCUT2D eigenvalue weighted by Gasteiger charge is -2.23. The van der Waals surface area contributed by atoms with Gasteiger partial charge in [0.15, 0.2) is 5.69 Å². The number of likely N-dealkylation sites (tertiary alicyclic amines) is 1. The molecule has 2 N–H and O–H groups in total. The molecule has 0 aliphatic carbocycles. The Bertz CT molecular complexity index is 717. The molecule has 0 saturated carbocycles. The molecule has 126 valence electrons. The summed E-state index contributed by atoms with van der Waals surface area (Å²) in [6.07, 6.45) is 1.85. The highest BCUT2D eigenvalue weighted by Crippen LogP contribution is 2.20. The molecule has 1 atom stereocenters. The third-order valence-electron chi connectivity index (χ3n) is 4.08. The number of nitrogens with one attached hydrogen (secondary N) is 1. The number of carbonyl (C=O) groups is 2. The Kier molecular flexibility index (Phi) is 5.22. The quantitative estimate of drug-likeness (QED) is 0.838. The number of thiazole rings is 1. The molecule has 0 spiro atoms. The van der Waals surface area contributed by atoms with Crippen LogP contribution in [0.5, 0.6) is 0 Å². The number of amides is 1. The standard InChI is InChI=1S/C17H19N3O3S/c21-16(18-9-15-19-13(11-24-15)17(22)23)14-7-4-8-20(14)10-12-5-2-1-3-6-12/h1-3,5-6,11,14H,4,7-10H2,(H,18,21)(H,22,23)/t14-/m1/s1. The predicted octanol–water partition coefficient (Wildman–Crippen LogP) is 2.12. The number of aromatic nitrogens is 1. The Morgan fingerprint density at radius 1 is 1.33 bits per heavy atom. The van der Waals surface area contributed by atoms with Crippen LogP contribution in [-0.4, -0.2) is 39.5 Å². The first-order valence-corrected chi connectivity index (χ1v) is 8.75. The Morgan fingerprint density at radius 2 is 2.12 bits per heavy atom. The molecule has 1 fully saturated rings. The molecule has 2 heterocycles. The van der Waals surface area contributed by atoms with E-state index in [1.54, 1.807) is 0 Å². The third-order valence-corrected chi connectivity index (χ3v) is 4.93. The van der Waals surface area contributed by atoms with Crippen molar-refractivity contribution in [3.8, 4) is 0 Å². The minimum absolute atomic E-state index is 0.0180. The molecule has 0 radical (unpaired) electrons. The third kappa shape index (κ3) is 3.98. The van der Waals surface area contributed by atoms with Gasteiger partial charge in [-0.1, -0.05) is 30.3 Å². The van der Waals surface area contributed by atoms with Crippen molar-refractivity contribution in [3.63, 3.8) is 0 Å². The number of nitrogens with zero attached hydrogens (tertiary/aromatic N) is 2. The Labute approximate surface area is 144 Å². The van der Waals surface area contributed by atoms with E-state index < -0.39 is 5.97 Å². The van der Waals surface area contributed by atoms with Gasteiger partial charge < -0.3 is 10.4 Å². The van der Waals surface area contributed by atoms with E-state index in [1.165, 1.54) is 22.3 Å². The Hall–Kier alpha value is -2.25. The summed E-state index contributed by atoms with van der Waals surface area (Å²) in [4.78, 5) is 29.5. The van der Waals surface area contributed by atoms with Crippen LogP contribution >= 0.6 is 11.3 Å². The van der Waals surface area contributed by atoms with E-state index in [0.29, 0.717) is 5.01 Å². The maximum Gasteiger partial charge on any atom is 0.355 e. The number of aromatic carboxylic acids is 1. The molecule has 1 aliphatic rings. The van der Waals surface area contributed by atoms with E-state index in [2.05, 4.69) is 27.3 Å². The smallest absolute Gasteiger partial charge is 0.355 e. The van der Waals surface area contributed by atoms with Gasteiger partial charge in [0.1, 0.15) is 5.01 Å². The summed E-state index contributed by atoms with van der Waals surface area (Å²) in [6.45, 7) is 1.94. The van der Waals surface area contributed by atoms with Gasteiger partial charge in [-0.05, 0) is 24.9 Å². The van der Waals surface area contributed by atoms with Crippen molar-refractivity contribution in [1.82, 2.24) is 15.2 Å². The molecular weight excluding hydrogens is 326 g/mol. The molecule has 7 heteroatoms. The van der Waals surface area contributed by atoms with Crippen molar-refractivity contribution in [3.05, 3.63) is 52.0 Å². The van der Waals surface area contributed by atoms with Gasteiger partial charge in [0.05, 0.1) is 12.6 Å². The van der Waals surface area contributed by atoms with E-state index in [0.717, 1.165) is 25.9 Å². The Balaban J connectivity index is 1.56. The van der Waals surface area contributed by atoms with E-state index in [-0.39, 0.29) is 24.2 Å². The molecule has 1 aliphatic heterocycles. The van der Waals surface area contributed by atoms with E-state index >= 15 is 0 Å². The van der Waals surface area contributed by atoms with Gasteiger partial charge in [0.2, 0.25) is 5.91 Å². The fraction of sp³-hybridized carbons (Fsp3) is 0.353. The van der Waals surface area contributed by atoms with Crippen LogP contribution in [0.1, 0.15) is 33.9 Å². The highest BCUT2D eigenvalue weighted by molar-refractivity contribution is 7.09. The summed E-state index contributed by atoms with van der Waals surface area (Å²) >= 11 is 1.25. The fourth-order valence-corrected chi connectivity index (χ4v) is 3.61. The second-order valence-electron chi connectivity index (χ2n) is 5.76. The van der Waals surface area contributed by atoms with Crippen molar-refractivity contribution in [2.24, 2.45) is 0 Å². The number of carboxylic acids is 1. The highest BCUT2D eigenvalue weighted by atomic mass is 32.1. The molecule has 1 amide bonds. The number of carbonyl (C=O) groups excluding carboxylic acids is 1. The fourth-order valence-electron chi connectivity index (χ4n) is 2.90. The lowest BCUT2D eigenvalue weighted by atomic mass is 10.1. The number of carboxylic acid groups (broad SMARTS) is 1. The predicted molar refractivity (Wildman–Crippen MR) is 90.8 cm³/mol. The molecule has 24 heavy (non-hydrogen) atoms. The molecule has 2 aromatic rings. The van der Waals surface area contributed by atoms with Gasteiger partial charge in [-0.15, -0.1) is 11.3 Å². The lowest BCUT2D eigenvalue weighted by molar-refractivity contribution is -0.125. The maximum absolute atomic E-state index is 12.5. The molecule has 0 bridgehead atoms. The Morgan fingerprint density at radius 3 is 2.83 bits per heavy atom. The van der Waals surface area contributed by atoms with Gasteiger partial charge in [-0.3, -0.25) is 9.69 Å². The van der Waals surface area contributed by atoms with Crippen LogP contribution in [-0.2, 0) is 17.9 Å². The van der Waals surface area contributed by atoms with Crippen LogP contribution in [0.4, 0.5) is 0 Å². The van der Waals surface area contributed by atoms with Gasteiger partial charge in [-0.25, -0.2) is 9.78 Å². The van der Waals surface area contributed by atoms with Crippen LogP contribution in [0.3, 0.4) is 0 Å². The zero-order valence-electron chi connectivity index (χ0n) is 13.1. The minimum Gasteiger partial charge on any atom is -0.476 e. The minimum atomic E-state index is -1.05. The average Bonchev–Trinajstić information content (AvgIpc) is 3.23. The summed E-state index contributed by atoms with van der Waals surface area (Å²) in [5.41, 5.74) is 1.22. The molecule has 3 rings (SSSR count). The second kappa shape index (κ2) is 7.55. The van der Waals surface area contributed by atoms with E-state index in [1.807, 2.05) is 18.2 Å². The van der Waals surface area contributed by atoms with Crippen LogP contribution < -0.4 is 5.32 Å². The second-order valence-corrected chi connectivity index (χ2v) is 6.71.